The average Bonchev–Trinajstić information content (AvgIpc) is 2.96. The molecule has 0 saturated carbocycles. The lowest BCUT2D eigenvalue weighted by Crippen LogP contribution is -2.21. The van der Waals surface area contributed by atoms with Crippen LogP contribution in [0.25, 0.3) is 5.76 Å². The van der Waals surface area contributed by atoms with Crippen LogP contribution in [0.15, 0.2) is 54.1 Å². The number of hydrogen-bond donors (Lipinski definition) is 2. The lowest BCUT2D eigenvalue weighted by molar-refractivity contribution is -0.133. The summed E-state index contributed by atoms with van der Waals surface area (Å²) in [7, 11) is 1.27. The van der Waals surface area contributed by atoms with E-state index >= 15 is 0 Å². The highest BCUT2D eigenvalue weighted by Crippen LogP contribution is 2.33. The minimum atomic E-state index is -0.822. The number of methoxy groups -OCH3 is 1. The van der Waals surface area contributed by atoms with Crippen LogP contribution >= 0.6 is 11.6 Å². The second-order valence-corrected chi connectivity index (χ2v) is 6.05. The van der Waals surface area contributed by atoms with Gasteiger partial charge in [0.2, 0.25) is 0 Å². The van der Waals surface area contributed by atoms with Crippen molar-refractivity contribution in [2.75, 3.05) is 7.11 Å². The van der Waals surface area contributed by atoms with E-state index in [1.54, 1.807) is 36.4 Å². The fourth-order valence-electron chi connectivity index (χ4n) is 2.71. The standard InChI is InChI=1S/C19H14ClNO5/c1-26-19(25)12-4-2-10(3-5-12)15-14(17(23)18(24)21-15)16(22)11-6-8-13(20)9-7-11/h2-9,15,22H,1H3,(H,21,24)/t15-/m0/s1. The lowest BCUT2D eigenvalue weighted by atomic mass is 9.95. The summed E-state index contributed by atoms with van der Waals surface area (Å²) in [5.74, 6) is -2.41. The highest BCUT2D eigenvalue weighted by Gasteiger charge is 2.39. The van der Waals surface area contributed by atoms with Crippen molar-refractivity contribution in [3.05, 3.63) is 75.8 Å². The highest BCUT2D eigenvalue weighted by atomic mass is 35.5. The smallest absolute Gasteiger partial charge is 0.337 e. The van der Waals surface area contributed by atoms with E-state index in [9.17, 15) is 19.5 Å². The summed E-state index contributed by atoms with van der Waals surface area (Å²) in [5, 5.41) is 13.6. The predicted molar refractivity (Wildman–Crippen MR) is 94.7 cm³/mol. The summed E-state index contributed by atoms with van der Waals surface area (Å²) in [6.07, 6.45) is 0. The van der Waals surface area contributed by atoms with Gasteiger partial charge in [-0.05, 0) is 42.0 Å². The van der Waals surface area contributed by atoms with Gasteiger partial charge >= 0.3 is 5.97 Å². The fourth-order valence-corrected chi connectivity index (χ4v) is 2.84. The van der Waals surface area contributed by atoms with Gasteiger partial charge in [-0.25, -0.2) is 4.79 Å². The van der Waals surface area contributed by atoms with E-state index in [1.165, 1.54) is 19.2 Å². The molecular weight excluding hydrogens is 358 g/mol. The molecule has 0 radical (unpaired) electrons. The van der Waals surface area contributed by atoms with Crippen molar-refractivity contribution in [3.8, 4) is 0 Å². The van der Waals surface area contributed by atoms with Crippen LogP contribution in [0, 0.1) is 0 Å². The van der Waals surface area contributed by atoms with E-state index in [0.717, 1.165) is 0 Å². The third kappa shape index (κ3) is 3.19. The largest absolute Gasteiger partial charge is 0.507 e. The van der Waals surface area contributed by atoms with Gasteiger partial charge in [0.25, 0.3) is 11.7 Å². The molecule has 3 rings (SSSR count). The first kappa shape index (κ1) is 17.7. The number of rotatable bonds is 3. The summed E-state index contributed by atoms with van der Waals surface area (Å²) in [6, 6.07) is 11.6. The second kappa shape index (κ2) is 7.01. The molecule has 1 atom stereocenters. The number of esters is 1. The number of aliphatic hydroxyl groups excluding tert-OH is 1. The van der Waals surface area contributed by atoms with Gasteiger partial charge in [-0.1, -0.05) is 23.7 Å². The number of ketones is 1. The van der Waals surface area contributed by atoms with Crippen molar-refractivity contribution in [1.29, 1.82) is 0 Å². The molecule has 2 aromatic rings. The van der Waals surface area contributed by atoms with Crippen LogP contribution < -0.4 is 5.32 Å². The Morgan fingerprint density at radius 2 is 1.62 bits per heavy atom. The Morgan fingerprint density at radius 1 is 1.04 bits per heavy atom. The van der Waals surface area contributed by atoms with Crippen molar-refractivity contribution in [3.63, 3.8) is 0 Å². The van der Waals surface area contributed by atoms with Crippen LogP contribution in [-0.2, 0) is 14.3 Å². The summed E-state index contributed by atoms with van der Waals surface area (Å²) in [5.41, 5.74) is 1.19. The van der Waals surface area contributed by atoms with Crippen LogP contribution in [0.5, 0.6) is 0 Å². The molecule has 1 saturated heterocycles. The second-order valence-electron chi connectivity index (χ2n) is 5.62. The van der Waals surface area contributed by atoms with Crippen molar-refractivity contribution < 1.29 is 24.2 Å². The number of aliphatic hydroxyl groups is 1. The van der Waals surface area contributed by atoms with E-state index in [0.29, 0.717) is 21.7 Å². The molecule has 1 heterocycles. The van der Waals surface area contributed by atoms with Gasteiger partial charge in [0.15, 0.2) is 0 Å². The quantitative estimate of drug-likeness (QED) is 0.374. The number of ether oxygens (including phenoxy) is 1. The topological polar surface area (TPSA) is 92.7 Å². The zero-order valence-corrected chi connectivity index (χ0v) is 14.4. The Hall–Kier alpha value is -3.12. The first-order valence-electron chi connectivity index (χ1n) is 7.65. The maximum Gasteiger partial charge on any atom is 0.337 e. The molecule has 0 unspecified atom stereocenters. The van der Waals surface area contributed by atoms with Gasteiger partial charge in [-0.15, -0.1) is 0 Å². The number of Topliss-reactive ketones (excluding diaryl/α,β-unsaturated/α-hetero) is 1. The number of halogens is 1. The molecule has 1 aliphatic rings. The van der Waals surface area contributed by atoms with Gasteiger partial charge in [-0.3, -0.25) is 9.59 Å². The van der Waals surface area contributed by atoms with Gasteiger partial charge < -0.3 is 15.2 Å². The molecule has 1 fully saturated rings. The van der Waals surface area contributed by atoms with Gasteiger partial charge in [-0.2, -0.15) is 0 Å². The summed E-state index contributed by atoms with van der Waals surface area (Å²) >= 11 is 5.84. The van der Waals surface area contributed by atoms with Crippen molar-refractivity contribution in [1.82, 2.24) is 5.32 Å². The van der Waals surface area contributed by atoms with E-state index in [1.807, 2.05) is 0 Å². The molecule has 6 nitrogen and oxygen atoms in total. The number of hydrogen-bond acceptors (Lipinski definition) is 5. The Bertz CT molecular complexity index is 916. The number of nitrogens with one attached hydrogen (secondary N) is 1. The summed E-state index contributed by atoms with van der Waals surface area (Å²) < 4.78 is 4.64. The number of amides is 1. The molecule has 0 bridgehead atoms. The van der Waals surface area contributed by atoms with E-state index in [4.69, 9.17) is 11.6 Å². The molecule has 0 aromatic heterocycles. The highest BCUT2D eigenvalue weighted by molar-refractivity contribution is 6.46. The Balaban J connectivity index is 2.03. The molecule has 0 spiro atoms. The van der Waals surface area contributed by atoms with Crippen LogP contribution in [0.4, 0.5) is 0 Å². The van der Waals surface area contributed by atoms with Crippen LogP contribution in [0.2, 0.25) is 5.02 Å². The lowest BCUT2D eigenvalue weighted by Gasteiger charge is -2.14. The Labute approximate surface area is 154 Å². The minimum Gasteiger partial charge on any atom is -0.507 e. The van der Waals surface area contributed by atoms with Gasteiger partial charge in [0.1, 0.15) is 5.76 Å². The van der Waals surface area contributed by atoms with Crippen molar-refractivity contribution in [2.24, 2.45) is 0 Å². The molecule has 2 N–H and O–H groups in total. The molecule has 2 aromatic carbocycles. The average molecular weight is 372 g/mol. The third-order valence-corrected chi connectivity index (χ3v) is 4.30. The summed E-state index contributed by atoms with van der Waals surface area (Å²) in [4.78, 5) is 35.7. The summed E-state index contributed by atoms with van der Waals surface area (Å²) in [6.45, 7) is 0. The Morgan fingerprint density at radius 3 is 2.19 bits per heavy atom. The van der Waals surface area contributed by atoms with E-state index < -0.39 is 23.7 Å². The first-order chi connectivity index (χ1) is 12.4. The first-order valence-corrected chi connectivity index (χ1v) is 8.02. The molecule has 132 valence electrons. The number of carbonyl (C=O) groups excluding carboxylic acids is 3. The Kier molecular flexibility index (Phi) is 4.77. The molecule has 26 heavy (non-hydrogen) atoms. The molecule has 0 aliphatic carbocycles. The normalized spacial score (nSPS) is 18.5. The molecular formula is C19H14ClNO5. The van der Waals surface area contributed by atoms with E-state index in [-0.39, 0.29) is 11.3 Å². The molecule has 1 aliphatic heterocycles. The molecule has 7 heteroatoms. The monoisotopic (exact) mass is 371 g/mol. The molecule has 1 amide bonds. The zero-order chi connectivity index (χ0) is 18.8. The minimum absolute atomic E-state index is 0.0526. The van der Waals surface area contributed by atoms with E-state index in [2.05, 4.69) is 10.1 Å². The van der Waals surface area contributed by atoms with Crippen LogP contribution in [0.3, 0.4) is 0 Å². The third-order valence-electron chi connectivity index (χ3n) is 4.05. The maximum atomic E-state index is 12.3. The van der Waals surface area contributed by atoms with Crippen LogP contribution in [-0.4, -0.2) is 29.9 Å². The maximum absolute atomic E-state index is 12.3. The van der Waals surface area contributed by atoms with Crippen LogP contribution in [0.1, 0.15) is 27.5 Å². The zero-order valence-electron chi connectivity index (χ0n) is 13.7. The van der Waals surface area contributed by atoms with Crippen molar-refractivity contribution >= 4 is 35.0 Å². The van der Waals surface area contributed by atoms with Gasteiger partial charge in [0.05, 0.1) is 24.3 Å². The number of carbonyl (C=O) groups is 3. The number of benzene rings is 2. The SMILES string of the molecule is COC(=O)c1ccc([C@@H]2NC(=O)C(=O)C2=C(O)c2ccc(Cl)cc2)cc1. The predicted octanol–water partition coefficient (Wildman–Crippen LogP) is 2.84. The van der Waals surface area contributed by atoms with Crippen molar-refractivity contribution in [2.45, 2.75) is 6.04 Å². The fraction of sp³-hybridized carbons (Fsp3) is 0.105. The van der Waals surface area contributed by atoms with Gasteiger partial charge in [0, 0.05) is 10.6 Å².